The summed E-state index contributed by atoms with van der Waals surface area (Å²) < 4.78 is 21.6. The molecule has 0 radical (unpaired) electrons. The van der Waals surface area contributed by atoms with Crippen LogP contribution in [0.1, 0.15) is 24.0 Å². The van der Waals surface area contributed by atoms with Gasteiger partial charge in [-0.05, 0) is 18.1 Å². The quantitative estimate of drug-likeness (QED) is 0.489. The number of methoxy groups -OCH3 is 3. The van der Waals surface area contributed by atoms with Crippen LogP contribution in [0.3, 0.4) is 0 Å². The van der Waals surface area contributed by atoms with Crippen LogP contribution in [0.4, 0.5) is 4.79 Å². The standard InChI is InChI=1S/C26H35N3O6/c1-32-22-12-11-21(24(33-2)25(22)34-3)18-28-14-16-29(17-15-28)23(30)10-7-13-27-26(31)35-19-20-8-5-4-6-9-20/h4-6,8-9,11-12H,7,10,13-19H2,1-3H3,(H,27,31). The normalized spacial score (nSPS) is 13.7. The van der Waals surface area contributed by atoms with Crippen molar-refractivity contribution in [3.8, 4) is 17.2 Å². The number of carbonyl (C=O) groups is 2. The van der Waals surface area contributed by atoms with Gasteiger partial charge in [-0.15, -0.1) is 0 Å². The zero-order valence-electron chi connectivity index (χ0n) is 20.7. The summed E-state index contributed by atoms with van der Waals surface area (Å²) in [4.78, 5) is 28.6. The number of alkyl carbamates (subject to hydrolysis) is 1. The summed E-state index contributed by atoms with van der Waals surface area (Å²) in [5.41, 5.74) is 1.94. The third-order valence-electron chi connectivity index (χ3n) is 5.95. The maximum Gasteiger partial charge on any atom is 0.407 e. The first-order chi connectivity index (χ1) is 17.0. The fourth-order valence-corrected chi connectivity index (χ4v) is 4.05. The fraction of sp³-hybridized carbons (Fsp3) is 0.462. The summed E-state index contributed by atoms with van der Waals surface area (Å²) in [6.45, 7) is 4.20. The first-order valence-electron chi connectivity index (χ1n) is 11.8. The number of hydrogen-bond donors (Lipinski definition) is 1. The highest BCUT2D eigenvalue weighted by molar-refractivity contribution is 5.76. The van der Waals surface area contributed by atoms with E-state index in [9.17, 15) is 9.59 Å². The smallest absolute Gasteiger partial charge is 0.407 e. The SMILES string of the molecule is COc1ccc(CN2CCN(C(=O)CCCNC(=O)OCc3ccccc3)CC2)c(OC)c1OC. The van der Waals surface area contributed by atoms with Crippen LogP contribution >= 0.6 is 0 Å². The van der Waals surface area contributed by atoms with Crippen molar-refractivity contribution in [2.75, 3.05) is 54.1 Å². The number of nitrogens with zero attached hydrogens (tertiary/aromatic N) is 2. The molecule has 2 aromatic rings. The van der Waals surface area contributed by atoms with Gasteiger partial charge in [0.1, 0.15) is 6.61 Å². The maximum atomic E-state index is 12.6. The Hall–Kier alpha value is -3.46. The van der Waals surface area contributed by atoms with Gasteiger partial charge in [0.25, 0.3) is 0 Å². The average Bonchev–Trinajstić information content (AvgIpc) is 2.90. The van der Waals surface area contributed by atoms with Crippen LogP contribution in [0.5, 0.6) is 17.2 Å². The van der Waals surface area contributed by atoms with Crippen molar-refractivity contribution in [1.82, 2.24) is 15.1 Å². The molecule has 0 atom stereocenters. The molecule has 9 heteroatoms. The number of amides is 2. The second kappa shape index (κ2) is 13.4. The molecule has 2 aromatic carbocycles. The molecule has 35 heavy (non-hydrogen) atoms. The predicted molar refractivity (Wildman–Crippen MR) is 132 cm³/mol. The first-order valence-corrected chi connectivity index (χ1v) is 11.8. The van der Waals surface area contributed by atoms with Crippen molar-refractivity contribution >= 4 is 12.0 Å². The van der Waals surface area contributed by atoms with Crippen LogP contribution in [0, 0.1) is 0 Å². The number of benzene rings is 2. The maximum absolute atomic E-state index is 12.6. The molecular weight excluding hydrogens is 450 g/mol. The van der Waals surface area contributed by atoms with E-state index in [4.69, 9.17) is 18.9 Å². The fourth-order valence-electron chi connectivity index (χ4n) is 4.05. The van der Waals surface area contributed by atoms with E-state index in [0.29, 0.717) is 56.3 Å². The van der Waals surface area contributed by atoms with Crippen LogP contribution in [0.15, 0.2) is 42.5 Å². The van der Waals surface area contributed by atoms with Crippen molar-refractivity contribution in [2.45, 2.75) is 26.0 Å². The van der Waals surface area contributed by atoms with Gasteiger partial charge in [0.05, 0.1) is 21.3 Å². The van der Waals surface area contributed by atoms with Crippen molar-refractivity contribution in [1.29, 1.82) is 0 Å². The molecule has 2 amide bonds. The highest BCUT2D eigenvalue weighted by Gasteiger charge is 2.23. The van der Waals surface area contributed by atoms with Gasteiger partial charge in [-0.2, -0.15) is 0 Å². The Labute approximate surface area is 206 Å². The Bertz CT molecular complexity index is 961. The lowest BCUT2D eigenvalue weighted by Crippen LogP contribution is -2.48. The summed E-state index contributed by atoms with van der Waals surface area (Å²) >= 11 is 0. The number of rotatable bonds is 11. The Morgan fingerprint density at radius 1 is 0.886 bits per heavy atom. The zero-order chi connectivity index (χ0) is 25.0. The number of hydrogen-bond acceptors (Lipinski definition) is 7. The minimum Gasteiger partial charge on any atom is -0.493 e. The molecule has 1 saturated heterocycles. The minimum atomic E-state index is -0.472. The van der Waals surface area contributed by atoms with Gasteiger partial charge in [-0.3, -0.25) is 9.69 Å². The number of ether oxygens (including phenoxy) is 4. The minimum absolute atomic E-state index is 0.104. The Balaban J connectivity index is 1.36. The number of piperazine rings is 1. The van der Waals surface area contributed by atoms with Crippen LogP contribution in [0.2, 0.25) is 0 Å². The van der Waals surface area contributed by atoms with E-state index in [-0.39, 0.29) is 12.5 Å². The molecule has 1 heterocycles. The number of carbonyl (C=O) groups excluding carboxylic acids is 2. The van der Waals surface area contributed by atoms with Gasteiger partial charge in [0.15, 0.2) is 11.5 Å². The molecule has 1 aliphatic heterocycles. The average molecular weight is 486 g/mol. The Kier molecular flexibility index (Phi) is 10.0. The molecule has 0 unspecified atom stereocenters. The van der Waals surface area contributed by atoms with Crippen LogP contribution in [-0.4, -0.2) is 75.9 Å². The summed E-state index contributed by atoms with van der Waals surface area (Å²) in [5, 5.41) is 2.70. The van der Waals surface area contributed by atoms with Crippen molar-refractivity contribution in [2.24, 2.45) is 0 Å². The molecular formula is C26H35N3O6. The molecule has 1 N–H and O–H groups in total. The van der Waals surface area contributed by atoms with Gasteiger partial charge in [0, 0.05) is 51.3 Å². The molecule has 9 nitrogen and oxygen atoms in total. The highest BCUT2D eigenvalue weighted by atomic mass is 16.5. The molecule has 0 saturated carbocycles. The monoisotopic (exact) mass is 485 g/mol. The van der Waals surface area contributed by atoms with E-state index in [0.717, 1.165) is 24.2 Å². The summed E-state index contributed by atoms with van der Waals surface area (Å²) in [5.74, 6) is 1.98. The van der Waals surface area contributed by atoms with Crippen molar-refractivity contribution in [3.63, 3.8) is 0 Å². The van der Waals surface area contributed by atoms with Crippen molar-refractivity contribution in [3.05, 3.63) is 53.6 Å². The van der Waals surface area contributed by atoms with Crippen LogP contribution in [-0.2, 0) is 22.7 Å². The van der Waals surface area contributed by atoms with Gasteiger partial charge in [-0.25, -0.2) is 4.79 Å². The van der Waals surface area contributed by atoms with E-state index in [2.05, 4.69) is 10.2 Å². The van der Waals surface area contributed by atoms with E-state index in [1.807, 2.05) is 47.4 Å². The molecule has 1 aliphatic rings. The van der Waals surface area contributed by atoms with Gasteiger partial charge >= 0.3 is 6.09 Å². The van der Waals surface area contributed by atoms with Crippen molar-refractivity contribution < 1.29 is 28.5 Å². The second-order valence-electron chi connectivity index (χ2n) is 8.24. The first kappa shape index (κ1) is 26.2. The molecule has 190 valence electrons. The van der Waals surface area contributed by atoms with Gasteiger partial charge in [-0.1, -0.05) is 36.4 Å². The van der Waals surface area contributed by atoms with Gasteiger partial charge < -0.3 is 29.2 Å². The zero-order valence-corrected chi connectivity index (χ0v) is 20.7. The van der Waals surface area contributed by atoms with E-state index >= 15 is 0 Å². The molecule has 0 aromatic heterocycles. The molecule has 3 rings (SSSR count). The van der Waals surface area contributed by atoms with E-state index in [1.54, 1.807) is 21.3 Å². The molecule has 0 aliphatic carbocycles. The van der Waals surface area contributed by atoms with Crippen LogP contribution in [0.25, 0.3) is 0 Å². The summed E-state index contributed by atoms with van der Waals surface area (Å²) in [6.07, 6.45) is 0.491. The molecule has 0 spiro atoms. The second-order valence-corrected chi connectivity index (χ2v) is 8.24. The van der Waals surface area contributed by atoms with E-state index < -0.39 is 6.09 Å². The number of nitrogens with one attached hydrogen (secondary N) is 1. The largest absolute Gasteiger partial charge is 0.493 e. The predicted octanol–water partition coefficient (Wildman–Crippen LogP) is 3.06. The molecule has 0 bridgehead atoms. The van der Waals surface area contributed by atoms with Gasteiger partial charge in [0.2, 0.25) is 11.7 Å². The lowest BCUT2D eigenvalue weighted by molar-refractivity contribution is -0.133. The van der Waals surface area contributed by atoms with E-state index in [1.165, 1.54) is 0 Å². The highest BCUT2D eigenvalue weighted by Crippen LogP contribution is 2.40. The lowest BCUT2D eigenvalue weighted by Gasteiger charge is -2.35. The Morgan fingerprint density at radius 3 is 2.26 bits per heavy atom. The topological polar surface area (TPSA) is 89.6 Å². The third-order valence-corrected chi connectivity index (χ3v) is 5.95. The molecule has 1 fully saturated rings. The summed E-state index contributed by atoms with van der Waals surface area (Å²) in [7, 11) is 4.81. The van der Waals surface area contributed by atoms with Crippen LogP contribution < -0.4 is 19.5 Å². The lowest BCUT2D eigenvalue weighted by atomic mass is 10.1. The Morgan fingerprint density at radius 2 is 1.60 bits per heavy atom. The third kappa shape index (κ3) is 7.51. The summed E-state index contributed by atoms with van der Waals surface area (Å²) in [6, 6.07) is 13.4.